The van der Waals surface area contributed by atoms with Gasteiger partial charge in [0.25, 0.3) is 5.56 Å². The highest BCUT2D eigenvalue weighted by atomic mass is 127. The Kier molecular flexibility index (Phi) is 2.16. The quantitative estimate of drug-likeness (QED) is 0.757. The molecule has 0 aromatic carbocycles. The van der Waals surface area contributed by atoms with Gasteiger partial charge in [-0.3, -0.25) is 13.9 Å². The van der Waals surface area contributed by atoms with Gasteiger partial charge >= 0.3 is 5.69 Å². The summed E-state index contributed by atoms with van der Waals surface area (Å²) in [6, 6.07) is 0.404. The van der Waals surface area contributed by atoms with Crippen LogP contribution in [0.1, 0.15) is 43.3 Å². The molecule has 2 heterocycles. The fraction of sp³-hybridized carbons (Fsp3) is 0.583. The van der Waals surface area contributed by atoms with Crippen molar-refractivity contribution in [3.8, 4) is 0 Å². The van der Waals surface area contributed by atoms with Gasteiger partial charge < -0.3 is 0 Å². The van der Waals surface area contributed by atoms with Crippen molar-refractivity contribution >= 4 is 32.1 Å². The van der Waals surface area contributed by atoms with Crippen LogP contribution in [0.2, 0.25) is 0 Å². The Bertz CT molecular complexity index is 692. The first-order valence-corrected chi connectivity index (χ1v) is 7.37. The van der Waals surface area contributed by atoms with Crippen molar-refractivity contribution in [3.05, 3.63) is 26.4 Å². The van der Waals surface area contributed by atoms with E-state index in [-0.39, 0.29) is 23.3 Å². The molecule has 5 nitrogen and oxygen atoms in total. The number of nitrogens with zero attached hydrogens (tertiary/aromatic N) is 3. The molecule has 4 rings (SSSR count). The number of aliphatic imine (C=N–C) groups is 1. The molecule has 0 saturated heterocycles. The molecule has 0 bridgehead atoms. The van der Waals surface area contributed by atoms with E-state index in [4.69, 9.17) is 0 Å². The number of fused-ring (bicyclic) bond motifs is 1. The molecule has 0 atom stereocenters. The maximum Gasteiger partial charge on any atom is 0.333 e. The van der Waals surface area contributed by atoms with Crippen molar-refractivity contribution in [2.45, 2.75) is 44.2 Å². The summed E-state index contributed by atoms with van der Waals surface area (Å²) in [4.78, 5) is 29.3. The molecule has 0 N–H and O–H groups in total. The van der Waals surface area contributed by atoms with Crippen LogP contribution in [0, 0.1) is 0 Å². The molecule has 94 valence electrons. The average Bonchev–Trinajstić information content (AvgIpc) is 3.18. The van der Waals surface area contributed by atoms with E-state index in [0.29, 0.717) is 12.2 Å². The van der Waals surface area contributed by atoms with E-state index in [1.165, 1.54) is 4.57 Å². The van der Waals surface area contributed by atoms with Gasteiger partial charge in [-0.2, -0.15) is 0 Å². The molecule has 2 fully saturated rings. The molecule has 0 amide bonds. The molecule has 1 aromatic rings. The standard InChI is InChI=1S/C12H12IN3O2/c13-9-5-8-10(14-9)15(6-1-2-6)12(18)16(11(8)17)7-3-4-7/h6-7H,1-5H2. The van der Waals surface area contributed by atoms with Crippen LogP contribution in [0.25, 0.3) is 0 Å². The van der Waals surface area contributed by atoms with Gasteiger partial charge in [0.15, 0.2) is 0 Å². The number of hydrogen-bond donors (Lipinski definition) is 0. The maximum atomic E-state index is 12.5. The minimum absolute atomic E-state index is 0.107. The zero-order valence-electron chi connectivity index (χ0n) is 9.73. The van der Waals surface area contributed by atoms with Gasteiger partial charge in [0.1, 0.15) is 5.82 Å². The molecule has 2 aliphatic carbocycles. The lowest BCUT2D eigenvalue weighted by molar-refractivity contribution is 0.569. The predicted octanol–water partition coefficient (Wildman–Crippen LogP) is 1.70. The second-order valence-electron chi connectivity index (χ2n) is 5.26. The van der Waals surface area contributed by atoms with Crippen LogP contribution in [0.4, 0.5) is 5.82 Å². The summed E-state index contributed by atoms with van der Waals surface area (Å²) in [6.45, 7) is 0. The number of rotatable bonds is 2. The van der Waals surface area contributed by atoms with Gasteiger partial charge in [-0.1, -0.05) is 0 Å². The topological polar surface area (TPSA) is 56.4 Å². The van der Waals surface area contributed by atoms with Crippen LogP contribution in [0.3, 0.4) is 0 Å². The molecular formula is C12H12IN3O2. The van der Waals surface area contributed by atoms with E-state index in [0.717, 1.165) is 35.0 Å². The van der Waals surface area contributed by atoms with Crippen molar-refractivity contribution in [2.24, 2.45) is 4.99 Å². The summed E-state index contributed by atoms with van der Waals surface area (Å²) in [5.41, 5.74) is 0.473. The molecule has 1 aliphatic heterocycles. The van der Waals surface area contributed by atoms with E-state index in [2.05, 4.69) is 27.6 Å². The molecule has 2 saturated carbocycles. The summed E-state index contributed by atoms with van der Waals surface area (Å²) < 4.78 is 4.14. The minimum atomic E-state index is -0.140. The first kappa shape index (κ1) is 11.0. The Morgan fingerprint density at radius 1 is 1.06 bits per heavy atom. The van der Waals surface area contributed by atoms with Gasteiger partial charge in [0, 0.05) is 18.5 Å². The molecule has 0 spiro atoms. The van der Waals surface area contributed by atoms with E-state index in [1.54, 1.807) is 4.57 Å². The van der Waals surface area contributed by atoms with E-state index >= 15 is 0 Å². The summed E-state index contributed by atoms with van der Waals surface area (Å²) in [7, 11) is 0. The zero-order valence-corrected chi connectivity index (χ0v) is 11.9. The summed E-state index contributed by atoms with van der Waals surface area (Å²) in [5, 5.41) is 0. The minimum Gasteiger partial charge on any atom is -0.274 e. The third-order valence-electron chi connectivity index (χ3n) is 3.76. The molecule has 0 unspecified atom stereocenters. The third kappa shape index (κ3) is 1.47. The third-order valence-corrected chi connectivity index (χ3v) is 4.38. The fourth-order valence-corrected chi connectivity index (χ4v) is 3.18. The molecule has 6 heteroatoms. The zero-order chi connectivity index (χ0) is 12.4. The first-order chi connectivity index (χ1) is 8.66. The van der Waals surface area contributed by atoms with Crippen LogP contribution in [-0.4, -0.2) is 12.9 Å². The Balaban J connectivity index is 2.06. The molecule has 0 radical (unpaired) electrons. The van der Waals surface area contributed by atoms with Crippen molar-refractivity contribution in [2.75, 3.05) is 0 Å². The lowest BCUT2D eigenvalue weighted by Gasteiger charge is -2.12. The van der Waals surface area contributed by atoms with Crippen molar-refractivity contribution in [1.82, 2.24) is 9.13 Å². The van der Waals surface area contributed by atoms with E-state index < -0.39 is 0 Å². The summed E-state index contributed by atoms with van der Waals surface area (Å²) in [5.74, 6) is 0.633. The lowest BCUT2D eigenvalue weighted by Crippen LogP contribution is -2.40. The van der Waals surface area contributed by atoms with Crippen LogP contribution >= 0.6 is 22.6 Å². The van der Waals surface area contributed by atoms with Gasteiger partial charge in [-0.15, -0.1) is 0 Å². The molecule has 3 aliphatic rings. The summed E-state index contributed by atoms with van der Waals surface area (Å²) in [6.07, 6.45) is 4.56. The van der Waals surface area contributed by atoms with E-state index in [1.807, 2.05) is 0 Å². The van der Waals surface area contributed by atoms with Gasteiger partial charge in [0.2, 0.25) is 0 Å². The monoisotopic (exact) mass is 357 g/mol. The highest BCUT2D eigenvalue weighted by molar-refractivity contribution is 14.1. The van der Waals surface area contributed by atoms with Crippen molar-refractivity contribution in [1.29, 1.82) is 0 Å². The van der Waals surface area contributed by atoms with Crippen LogP contribution < -0.4 is 11.2 Å². The SMILES string of the molecule is O=c1c2c(n(C3CC3)c(=O)n1C1CC1)N=C(I)C2. The van der Waals surface area contributed by atoms with Gasteiger partial charge in [-0.05, 0) is 48.3 Å². The number of aromatic nitrogens is 2. The van der Waals surface area contributed by atoms with E-state index in [9.17, 15) is 9.59 Å². The normalized spacial score (nSPS) is 21.9. The highest BCUT2D eigenvalue weighted by Gasteiger charge is 2.36. The Morgan fingerprint density at radius 3 is 2.28 bits per heavy atom. The highest BCUT2D eigenvalue weighted by Crippen LogP contribution is 2.40. The smallest absolute Gasteiger partial charge is 0.274 e. The van der Waals surface area contributed by atoms with Gasteiger partial charge in [0.05, 0.1) is 9.28 Å². The van der Waals surface area contributed by atoms with Crippen LogP contribution in [-0.2, 0) is 6.42 Å². The second kappa shape index (κ2) is 3.55. The number of halogens is 1. The lowest BCUT2D eigenvalue weighted by atomic mass is 10.2. The van der Waals surface area contributed by atoms with Crippen molar-refractivity contribution < 1.29 is 0 Å². The number of hydrogen-bond acceptors (Lipinski definition) is 3. The van der Waals surface area contributed by atoms with Gasteiger partial charge in [-0.25, -0.2) is 9.79 Å². The Labute approximate surface area is 117 Å². The fourth-order valence-electron chi connectivity index (χ4n) is 2.57. The molecule has 1 aromatic heterocycles. The predicted molar refractivity (Wildman–Crippen MR) is 76.3 cm³/mol. The summed E-state index contributed by atoms with van der Waals surface area (Å²) >= 11 is 2.15. The Morgan fingerprint density at radius 2 is 1.67 bits per heavy atom. The first-order valence-electron chi connectivity index (χ1n) is 6.30. The van der Waals surface area contributed by atoms with Crippen LogP contribution in [0.5, 0.6) is 0 Å². The molecule has 18 heavy (non-hydrogen) atoms. The maximum absolute atomic E-state index is 12.5. The largest absolute Gasteiger partial charge is 0.333 e. The van der Waals surface area contributed by atoms with Crippen molar-refractivity contribution in [3.63, 3.8) is 0 Å². The average molecular weight is 357 g/mol. The second-order valence-corrected chi connectivity index (χ2v) is 6.50. The molecular weight excluding hydrogens is 345 g/mol. The Hall–Kier alpha value is -0.920. The van der Waals surface area contributed by atoms with Crippen LogP contribution in [0.15, 0.2) is 14.6 Å².